The maximum Gasteiger partial charge on any atom is 0.269 e. The van der Waals surface area contributed by atoms with E-state index in [-0.39, 0.29) is 5.69 Å². The molecular formula is C14H11BrN4O2. The third-order valence-electron chi connectivity index (χ3n) is 3.04. The number of carbonyl (C=O) groups is 1. The molecule has 6 nitrogen and oxygen atoms in total. The molecule has 3 aromatic rings. The Hall–Kier alpha value is -2.41. The number of carbonyl (C=O) groups excluding carboxylic acids is 1. The molecule has 3 rings (SSSR count). The first kappa shape index (κ1) is 13.6. The molecule has 106 valence electrons. The highest BCUT2D eigenvalue weighted by atomic mass is 79.9. The van der Waals surface area contributed by atoms with Crippen LogP contribution in [-0.4, -0.2) is 27.8 Å². The molecular weight excluding hydrogens is 336 g/mol. The van der Waals surface area contributed by atoms with E-state index in [2.05, 4.69) is 26.0 Å². The molecule has 0 radical (unpaired) electrons. The van der Waals surface area contributed by atoms with Gasteiger partial charge in [0, 0.05) is 16.7 Å². The zero-order valence-electron chi connectivity index (χ0n) is 11.1. The Balaban J connectivity index is 2.33. The highest BCUT2D eigenvalue weighted by Gasteiger charge is 2.17. The minimum Gasteiger partial charge on any atom is -0.481 e. The average molecular weight is 347 g/mol. The van der Waals surface area contributed by atoms with E-state index in [0.717, 1.165) is 10.2 Å². The molecule has 2 N–H and O–H groups in total. The highest BCUT2D eigenvalue weighted by Crippen LogP contribution is 2.25. The number of aromatic nitrogens is 3. The Labute approximate surface area is 128 Å². The van der Waals surface area contributed by atoms with Crippen molar-refractivity contribution in [3.63, 3.8) is 0 Å². The summed E-state index contributed by atoms with van der Waals surface area (Å²) in [6.45, 7) is 0. The van der Waals surface area contributed by atoms with Crippen LogP contribution in [0.25, 0.3) is 16.6 Å². The fraction of sp³-hybridized carbons (Fsp3) is 0.0714. The summed E-state index contributed by atoms with van der Waals surface area (Å²) >= 11 is 3.42. The van der Waals surface area contributed by atoms with Crippen molar-refractivity contribution in [2.45, 2.75) is 0 Å². The number of ether oxygens (including phenoxy) is 1. The molecule has 0 saturated carbocycles. The van der Waals surface area contributed by atoms with Gasteiger partial charge in [0.05, 0.1) is 23.7 Å². The number of nitrogens with two attached hydrogens (primary N) is 1. The summed E-state index contributed by atoms with van der Waals surface area (Å²) in [6.07, 6.45) is 1.54. The number of hydrogen-bond donors (Lipinski definition) is 1. The topological polar surface area (TPSA) is 83.0 Å². The zero-order chi connectivity index (χ0) is 15.0. The quantitative estimate of drug-likeness (QED) is 0.788. The van der Waals surface area contributed by atoms with Crippen LogP contribution in [0.3, 0.4) is 0 Å². The lowest BCUT2D eigenvalue weighted by Crippen LogP contribution is -2.12. The molecule has 0 aliphatic carbocycles. The molecule has 0 aliphatic rings. The molecule has 7 heteroatoms. The van der Waals surface area contributed by atoms with Gasteiger partial charge in [-0.15, -0.1) is 0 Å². The fourth-order valence-corrected chi connectivity index (χ4v) is 2.48. The average Bonchev–Trinajstić information content (AvgIpc) is 2.86. The summed E-state index contributed by atoms with van der Waals surface area (Å²) in [4.78, 5) is 15.7. The number of pyridine rings is 1. The molecule has 0 fully saturated rings. The number of benzene rings is 1. The number of methoxy groups -OCH3 is 1. The smallest absolute Gasteiger partial charge is 0.269 e. The van der Waals surface area contributed by atoms with Gasteiger partial charge in [-0.1, -0.05) is 22.0 Å². The van der Waals surface area contributed by atoms with Crippen molar-refractivity contribution in [1.29, 1.82) is 0 Å². The molecule has 0 saturated heterocycles. The second-order valence-corrected chi connectivity index (χ2v) is 5.26. The molecule has 0 atom stereocenters. The number of halogens is 1. The number of amides is 1. The van der Waals surface area contributed by atoms with Crippen molar-refractivity contribution >= 4 is 32.7 Å². The third kappa shape index (κ3) is 2.36. The second-order valence-electron chi connectivity index (χ2n) is 4.35. The number of nitrogens with zero attached hydrogens (tertiary/aromatic N) is 3. The lowest BCUT2D eigenvalue weighted by molar-refractivity contribution is 0.0996. The van der Waals surface area contributed by atoms with Gasteiger partial charge in [0.15, 0.2) is 5.69 Å². The van der Waals surface area contributed by atoms with Gasteiger partial charge in [0.2, 0.25) is 5.88 Å². The maximum absolute atomic E-state index is 11.6. The number of hydrogen-bond acceptors (Lipinski definition) is 4. The van der Waals surface area contributed by atoms with Crippen LogP contribution in [0.5, 0.6) is 5.88 Å². The lowest BCUT2D eigenvalue weighted by atomic mass is 10.2. The highest BCUT2D eigenvalue weighted by molar-refractivity contribution is 9.10. The van der Waals surface area contributed by atoms with E-state index < -0.39 is 5.91 Å². The van der Waals surface area contributed by atoms with E-state index in [0.29, 0.717) is 16.8 Å². The Kier molecular flexibility index (Phi) is 3.34. The van der Waals surface area contributed by atoms with Crippen LogP contribution >= 0.6 is 15.9 Å². The Morgan fingerprint density at radius 3 is 2.86 bits per heavy atom. The van der Waals surface area contributed by atoms with E-state index in [1.165, 1.54) is 13.3 Å². The van der Waals surface area contributed by atoms with Crippen LogP contribution in [0.2, 0.25) is 0 Å². The van der Waals surface area contributed by atoms with Gasteiger partial charge in [0.25, 0.3) is 5.91 Å². The monoisotopic (exact) mass is 346 g/mol. The number of fused-ring (bicyclic) bond motifs is 1. The predicted octanol–water partition coefficient (Wildman–Crippen LogP) is 2.29. The largest absolute Gasteiger partial charge is 0.481 e. The molecule has 0 bridgehead atoms. The van der Waals surface area contributed by atoms with Crippen molar-refractivity contribution in [3.8, 4) is 11.6 Å². The SMILES string of the molecule is COc1cc2c(cn1)c(C(N)=O)nn2-c1cccc(Br)c1. The first-order valence-electron chi connectivity index (χ1n) is 6.08. The fourth-order valence-electron chi connectivity index (χ4n) is 2.09. The van der Waals surface area contributed by atoms with Crippen molar-refractivity contribution in [2.24, 2.45) is 5.73 Å². The first-order valence-corrected chi connectivity index (χ1v) is 6.88. The van der Waals surface area contributed by atoms with Crippen molar-refractivity contribution < 1.29 is 9.53 Å². The summed E-state index contributed by atoms with van der Waals surface area (Å²) in [7, 11) is 1.53. The summed E-state index contributed by atoms with van der Waals surface area (Å²) in [5, 5.41) is 4.89. The van der Waals surface area contributed by atoms with Crippen LogP contribution in [0, 0.1) is 0 Å². The predicted molar refractivity (Wildman–Crippen MR) is 81.6 cm³/mol. The molecule has 2 aromatic heterocycles. The maximum atomic E-state index is 11.6. The van der Waals surface area contributed by atoms with E-state index in [9.17, 15) is 4.79 Å². The van der Waals surface area contributed by atoms with Gasteiger partial charge < -0.3 is 10.5 Å². The van der Waals surface area contributed by atoms with E-state index in [1.54, 1.807) is 10.7 Å². The van der Waals surface area contributed by atoms with Gasteiger partial charge in [-0.05, 0) is 18.2 Å². The molecule has 1 aromatic carbocycles. The second kappa shape index (κ2) is 5.17. The summed E-state index contributed by atoms with van der Waals surface area (Å²) in [5.41, 5.74) is 7.07. The van der Waals surface area contributed by atoms with Crippen LogP contribution in [-0.2, 0) is 0 Å². The third-order valence-corrected chi connectivity index (χ3v) is 3.53. The Morgan fingerprint density at radius 1 is 1.38 bits per heavy atom. The van der Waals surface area contributed by atoms with E-state index >= 15 is 0 Å². The van der Waals surface area contributed by atoms with Gasteiger partial charge in [-0.25, -0.2) is 9.67 Å². The van der Waals surface area contributed by atoms with Gasteiger partial charge in [0.1, 0.15) is 0 Å². The summed E-state index contributed by atoms with van der Waals surface area (Å²) in [6, 6.07) is 9.29. The Morgan fingerprint density at radius 2 is 2.19 bits per heavy atom. The van der Waals surface area contributed by atoms with Crippen LogP contribution in [0.15, 0.2) is 41.0 Å². The van der Waals surface area contributed by atoms with Crippen molar-refractivity contribution in [1.82, 2.24) is 14.8 Å². The lowest BCUT2D eigenvalue weighted by Gasteiger charge is -2.04. The number of primary amides is 1. The van der Waals surface area contributed by atoms with Crippen molar-refractivity contribution in [3.05, 3.63) is 46.7 Å². The van der Waals surface area contributed by atoms with Crippen molar-refractivity contribution in [2.75, 3.05) is 7.11 Å². The Bertz CT molecular complexity index is 844. The van der Waals surface area contributed by atoms with Crippen LogP contribution in [0.4, 0.5) is 0 Å². The molecule has 2 heterocycles. The molecule has 1 amide bonds. The minimum atomic E-state index is -0.597. The first-order chi connectivity index (χ1) is 10.1. The van der Waals surface area contributed by atoms with Gasteiger partial charge >= 0.3 is 0 Å². The van der Waals surface area contributed by atoms with Crippen LogP contribution in [0.1, 0.15) is 10.5 Å². The molecule has 21 heavy (non-hydrogen) atoms. The zero-order valence-corrected chi connectivity index (χ0v) is 12.7. The van der Waals surface area contributed by atoms with E-state index in [1.807, 2.05) is 24.3 Å². The van der Waals surface area contributed by atoms with Gasteiger partial charge in [-0.3, -0.25) is 4.79 Å². The summed E-state index contributed by atoms with van der Waals surface area (Å²) in [5.74, 6) is -0.157. The van der Waals surface area contributed by atoms with E-state index in [4.69, 9.17) is 10.5 Å². The number of rotatable bonds is 3. The van der Waals surface area contributed by atoms with Crippen LogP contribution < -0.4 is 10.5 Å². The standard InChI is InChI=1S/C14H11BrN4O2/c1-21-12-6-11-10(7-17-12)13(14(16)20)18-19(11)9-4-2-3-8(15)5-9/h2-7H,1H3,(H2,16,20). The molecule has 0 spiro atoms. The normalized spacial score (nSPS) is 10.8. The van der Waals surface area contributed by atoms with Gasteiger partial charge in [-0.2, -0.15) is 5.10 Å². The molecule has 0 unspecified atom stereocenters. The summed E-state index contributed by atoms with van der Waals surface area (Å²) < 4.78 is 7.68. The molecule has 0 aliphatic heterocycles. The minimum absolute atomic E-state index is 0.181.